The minimum atomic E-state index is -0.919. The molecule has 1 amide bonds. The number of ether oxygens (including phenoxy) is 2. The van der Waals surface area contributed by atoms with Crippen LogP contribution in [0.3, 0.4) is 0 Å². The first-order valence-corrected chi connectivity index (χ1v) is 8.63. The van der Waals surface area contributed by atoms with Crippen molar-refractivity contribution in [3.63, 3.8) is 0 Å². The Bertz CT molecular complexity index is 749. The number of hydrogen-bond acceptors (Lipinski definition) is 5. The molecule has 26 heavy (non-hydrogen) atoms. The molecule has 0 aliphatic carbocycles. The van der Waals surface area contributed by atoms with Gasteiger partial charge >= 0.3 is 5.97 Å². The van der Waals surface area contributed by atoms with Crippen LogP contribution in [0.25, 0.3) is 0 Å². The first-order valence-electron chi connectivity index (χ1n) is 8.25. The summed E-state index contributed by atoms with van der Waals surface area (Å²) in [6.45, 7) is 3.89. The van der Waals surface area contributed by atoms with E-state index >= 15 is 0 Å². The van der Waals surface area contributed by atoms with Crippen molar-refractivity contribution in [1.82, 2.24) is 4.98 Å². The van der Waals surface area contributed by atoms with E-state index in [2.05, 4.69) is 10.3 Å². The van der Waals surface area contributed by atoms with E-state index in [-0.39, 0.29) is 6.42 Å². The number of anilines is 1. The maximum atomic E-state index is 12.0. The molecular formula is C19H21ClN2O4. The Kier molecular flexibility index (Phi) is 7.41. The SMILES string of the molecule is Cc1cccc(OCCCC(=O)OC(C)C(=O)Nc2ccc(Cl)cn2)c1. The number of nitrogens with one attached hydrogen (secondary N) is 1. The lowest BCUT2D eigenvalue weighted by Gasteiger charge is -2.13. The Labute approximate surface area is 157 Å². The van der Waals surface area contributed by atoms with E-state index in [0.717, 1.165) is 11.3 Å². The van der Waals surface area contributed by atoms with Gasteiger partial charge in [-0.1, -0.05) is 23.7 Å². The summed E-state index contributed by atoms with van der Waals surface area (Å²) < 4.78 is 10.7. The molecule has 1 N–H and O–H groups in total. The standard InChI is InChI=1S/C19H21ClN2O4/c1-13-5-3-6-16(11-13)25-10-4-7-18(23)26-14(2)19(24)22-17-9-8-15(20)12-21-17/h3,5-6,8-9,11-12,14H,4,7,10H2,1-2H3,(H,21,22,24). The largest absolute Gasteiger partial charge is 0.494 e. The number of rotatable bonds is 8. The van der Waals surface area contributed by atoms with Crippen LogP contribution in [0, 0.1) is 6.92 Å². The zero-order chi connectivity index (χ0) is 18.9. The Morgan fingerprint density at radius 2 is 2.08 bits per heavy atom. The molecule has 1 aromatic heterocycles. The molecule has 7 heteroatoms. The second-order valence-corrected chi connectivity index (χ2v) is 6.19. The van der Waals surface area contributed by atoms with Gasteiger partial charge in [-0.05, 0) is 50.1 Å². The highest BCUT2D eigenvalue weighted by Crippen LogP contribution is 2.13. The Morgan fingerprint density at radius 1 is 1.27 bits per heavy atom. The van der Waals surface area contributed by atoms with Gasteiger partial charge in [0.1, 0.15) is 11.6 Å². The zero-order valence-corrected chi connectivity index (χ0v) is 15.5. The molecule has 0 saturated heterocycles. The maximum Gasteiger partial charge on any atom is 0.306 e. The second kappa shape index (κ2) is 9.77. The van der Waals surface area contributed by atoms with Crippen molar-refractivity contribution in [2.75, 3.05) is 11.9 Å². The first-order chi connectivity index (χ1) is 12.4. The van der Waals surface area contributed by atoms with Crippen molar-refractivity contribution in [3.05, 3.63) is 53.2 Å². The molecule has 0 radical (unpaired) electrons. The lowest BCUT2D eigenvalue weighted by molar-refractivity contribution is -0.153. The second-order valence-electron chi connectivity index (χ2n) is 5.75. The molecule has 0 fully saturated rings. The van der Waals surface area contributed by atoms with Crippen molar-refractivity contribution < 1.29 is 19.1 Å². The number of carbonyl (C=O) groups is 2. The lowest BCUT2D eigenvalue weighted by atomic mass is 10.2. The Morgan fingerprint density at radius 3 is 2.77 bits per heavy atom. The smallest absolute Gasteiger partial charge is 0.306 e. The molecule has 2 rings (SSSR count). The fourth-order valence-corrected chi connectivity index (χ4v) is 2.21. The van der Waals surface area contributed by atoms with Crippen LogP contribution in [-0.2, 0) is 14.3 Å². The summed E-state index contributed by atoms with van der Waals surface area (Å²) in [5.41, 5.74) is 1.11. The van der Waals surface area contributed by atoms with Gasteiger partial charge in [-0.2, -0.15) is 0 Å². The monoisotopic (exact) mass is 376 g/mol. The predicted octanol–water partition coefficient (Wildman–Crippen LogP) is 3.77. The molecule has 0 aliphatic heterocycles. The molecule has 0 bridgehead atoms. The van der Waals surface area contributed by atoms with Crippen LogP contribution in [0.15, 0.2) is 42.6 Å². The fourth-order valence-electron chi connectivity index (χ4n) is 2.10. The third-order valence-corrected chi connectivity index (χ3v) is 3.66. The van der Waals surface area contributed by atoms with Gasteiger partial charge in [0.25, 0.3) is 5.91 Å². The third-order valence-electron chi connectivity index (χ3n) is 3.44. The summed E-state index contributed by atoms with van der Waals surface area (Å²) in [5.74, 6) is 0.198. The van der Waals surface area contributed by atoms with Crippen LogP contribution < -0.4 is 10.1 Å². The van der Waals surface area contributed by atoms with E-state index in [4.69, 9.17) is 21.1 Å². The molecule has 0 saturated carbocycles. The number of benzene rings is 1. The number of aromatic nitrogens is 1. The number of aryl methyl sites for hydroxylation is 1. The number of nitrogens with zero attached hydrogens (tertiary/aromatic N) is 1. The molecule has 1 aromatic carbocycles. The average molecular weight is 377 g/mol. The van der Waals surface area contributed by atoms with Crippen LogP contribution in [0.4, 0.5) is 5.82 Å². The quantitative estimate of drug-likeness (QED) is 0.560. The third kappa shape index (κ3) is 6.72. The van der Waals surface area contributed by atoms with Crippen LogP contribution >= 0.6 is 11.6 Å². The molecule has 1 unspecified atom stereocenters. The summed E-state index contributed by atoms with van der Waals surface area (Å²) in [5, 5.41) is 3.03. The highest BCUT2D eigenvalue weighted by atomic mass is 35.5. The molecule has 138 valence electrons. The number of hydrogen-bond donors (Lipinski definition) is 1. The summed E-state index contributed by atoms with van der Waals surface area (Å²) in [4.78, 5) is 27.8. The van der Waals surface area contributed by atoms with Crippen molar-refractivity contribution in [2.24, 2.45) is 0 Å². The number of amides is 1. The topological polar surface area (TPSA) is 77.5 Å². The number of halogens is 1. The summed E-state index contributed by atoms with van der Waals surface area (Å²) in [7, 11) is 0. The number of esters is 1. The van der Waals surface area contributed by atoms with E-state index in [0.29, 0.717) is 23.9 Å². The minimum Gasteiger partial charge on any atom is -0.494 e. The molecular weight excluding hydrogens is 356 g/mol. The lowest BCUT2D eigenvalue weighted by Crippen LogP contribution is -2.30. The van der Waals surface area contributed by atoms with Crippen molar-refractivity contribution in [1.29, 1.82) is 0 Å². The van der Waals surface area contributed by atoms with Gasteiger partial charge in [-0.25, -0.2) is 4.98 Å². The van der Waals surface area contributed by atoms with Gasteiger partial charge in [0.2, 0.25) is 0 Å². The van der Waals surface area contributed by atoms with E-state index in [1.165, 1.54) is 13.1 Å². The number of carbonyl (C=O) groups excluding carboxylic acids is 2. The summed E-state index contributed by atoms with van der Waals surface area (Å²) in [6, 6.07) is 10.9. The highest BCUT2D eigenvalue weighted by Gasteiger charge is 2.18. The molecule has 1 atom stereocenters. The zero-order valence-electron chi connectivity index (χ0n) is 14.7. The van der Waals surface area contributed by atoms with Gasteiger partial charge in [0.15, 0.2) is 6.10 Å². The summed E-state index contributed by atoms with van der Waals surface area (Å²) in [6.07, 6.45) is 1.17. The number of pyridine rings is 1. The van der Waals surface area contributed by atoms with Crippen LogP contribution in [0.5, 0.6) is 5.75 Å². The fraction of sp³-hybridized carbons (Fsp3) is 0.316. The first kappa shape index (κ1) is 19.7. The van der Waals surface area contributed by atoms with Gasteiger partial charge in [-0.15, -0.1) is 0 Å². The minimum absolute atomic E-state index is 0.169. The van der Waals surface area contributed by atoms with E-state index in [9.17, 15) is 9.59 Å². The van der Waals surface area contributed by atoms with Gasteiger partial charge in [-0.3, -0.25) is 9.59 Å². The Balaban J connectivity index is 1.67. The van der Waals surface area contributed by atoms with Crippen molar-refractivity contribution in [3.8, 4) is 5.75 Å². The molecule has 2 aromatic rings. The van der Waals surface area contributed by atoms with Crippen LogP contribution in [0.2, 0.25) is 5.02 Å². The van der Waals surface area contributed by atoms with Crippen molar-refractivity contribution in [2.45, 2.75) is 32.8 Å². The van der Waals surface area contributed by atoms with Gasteiger partial charge in [0, 0.05) is 12.6 Å². The maximum absolute atomic E-state index is 12.0. The molecule has 6 nitrogen and oxygen atoms in total. The van der Waals surface area contributed by atoms with Gasteiger partial charge in [0.05, 0.1) is 11.6 Å². The van der Waals surface area contributed by atoms with E-state index < -0.39 is 18.0 Å². The molecule has 0 spiro atoms. The highest BCUT2D eigenvalue weighted by molar-refractivity contribution is 6.30. The van der Waals surface area contributed by atoms with E-state index in [1.807, 2.05) is 31.2 Å². The summed E-state index contributed by atoms with van der Waals surface area (Å²) >= 11 is 5.73. The molecule has 0 aliphatic rings. The van der Waals surface area contributed by atoms with E-state index in [1.54, 1.807) is 12.1 Å². The van der Waals surface area contributed by atoms with Crippen LogP contribution in [-0.4, -0.2) is 29.6 Å². The Hall–Kier alpha value is -2.60. The predicted molar refractivity (Wildman–Crippen MR) is 99.3 cm³/mol. The van der Waals surface area contributed by atoms with Crippen molar-refractivity contribution >= 4 is 29.3 Å². The van der Waals surface area contributed by atoms with Gasteiger partial charge < -0.3 is 14.8 Å². The van der Waals surface area contributed by atoms with Crippen LogP contribution in [0.1, 0.15) is 25.3 Å². The normalized spacial score (nSPS) is 11.5. The molecule has 1 heterocycles. The average Bonchev–Trinajstić information content (AvgIpc) is 2.60.